The molecule has 2 aromatic rings. The molecule has 1 aromatic heterocycles. The Balaban J connectivity index is 2.74. The van der Waals surface area contributed by atoms with Crippen molar-refractivity contribution in [1.29, 1.82) is 0 Å². The summed E-state index contributed by atoms with van der Waals surface area (Å²) in [6.07, 6.45) is -4.45. The van der Waals surface area contributed by atoms with Crippen molar-refractivity contribution in [3.63, 3.8) is 0 Å². The largest absolute Gasteiger partial charge is 0.545 e. The number of carboxylic acids is 1. The second kappa shape index (κ2) is 5.65. The van der Waals surface area contributed by atoms with Crippen LogP contribution >= 0.6 is 11.6 Å². The van der Waals surface area contributed by atoms with Crippen LogP contribution in [0.25, 0.3) is 5.69 Å². The van der Waals surface area contributed by atoms with Gasteiger partial charge in [0.05, 0.1) is 22.8 Å². The minimum atomic E-state index is -4.80. The molecule has 0 fully saturated rings. The van der Waals surface area contributed by atoms with E-state index >= 15 is 0 Å². The van der Waals surface area contributed by atoms with Crippen molar-refractivity contribution in [2.45, 2.75) is 13.1 Å². The lowest BCUT2D eigenvalue weighted by atomic mass is 10.1. The van der Waals surface area contributed by atoms with Crippen molar-refractivity contribution in [1.82, 2.24) is 9.78 Å². The molecule has 0 aliphatic heterocycles. The van der Waals surface area contributed by atoms with E-state index in [2.05, 4.69) is 5.10 Å². The Bertz CT molecular complexity index is 862. The van der Waals surface area contributed by atoms with Crippen LogP contribution in [0.3, 0.4) is 0 Å². The van der Waals surface area contributed by atoms with E-state index in [1.165, 1.54) is 0 Å². The Labute approximate surface area is 130 Å². The van der Waals surface area contributed by atoms with E-state index in [-0.39, 0.29) is 0 Å². The second-order valence-electron chi connectivity index (χ2n) is 4.47. The van der Waals surface area contributed by atoms with Gasteiger partial charge in [0.15, 0.2) is 5.82 Å². The molecule has 0 atom stereocenters. The van der Waals surface area contributed by atoms with Gasteiger partial charge >= 0.3 is 6.18 Å². The summed E-state index contributed by atoms with van der Waals surface area (Å²) >= 11 is 5.52. The lowest BCUT2D eigenvalue weighted by Crippen LogP contribution is -2.29. The van der Waals surface area contributed by atoms with Crippen LogP contribution in [0, 0.1) is 12.7 Å². The normalized spacial score (nSPS) is 11.6. The molecule has 0 amide bonds. The maximum atomic E-state index is 13.9. The van der Waals surface area contributed by atoms with Gasteiger partial charge in [-0.25, -0.2) is 4.39 Å². The Hall–Kier alpha value is -2.42. The van der Waals surface area contributed by atoms with Crippen molar-refractivity contribution in [3.05, 3.63) is 56.2 Å². The van der Waals surface area contributed by atoms with E-state index in [9.17, 15) is 32.3 Å². The summed E-state index contributed by atoms with van der Waals surface area (Å²) in [7, 11) is 0. The molecule has 23 heavy (non-hydrogen) atoms. The van der Waals surface area contributed by atoms with Crippen LogP contribution in [0.2, 0.25) is 5.02 Å². The van der Waals surface area contributed by atoms with Gasteiger partial charge in [0, 0.05) is 11.1 Å². The fourth-order valence-electron chi connectivity index (χ4n) is 1.85. The fourth-order valence-corrected chi connectivity index (χ4v) is 2.08. The lowest BCUT2D eigenvalue weighted by molar-refractivity contribution is -0.255. The van der Waals surface area contributed by atoms with Crippen LogP contribution < -0.4 is 10.7 Å². The first kappa shape index (κ1) is 16.9. The Morgan fingerprint density at radius 1 is 1.35 bits per heavy atom. The Morgan fingerprint density at radius 3 is 2.48 bits per heavy atom. The zero-order valence-corrected chi connectivity index (χ0v) is 12.0. The quantitative estimate of drug-likeness (QED) is 0.774. The van der Waals surface area contributed by atoms with E-state index in [4.69, 9.17) is 11.6 Å². The highest BCUT2D eigenvalue weighted by atomic mass is 35.5. The van der Waals surface area contributed by atoms with E-state index in [0.29, 0.717) is 23.0 Å². The summed E-state index contributed by atoms with van der Waals surface area (Å²) in [5.74, 6) is -2.87. The highest BCUT2D eigenvalue weighted by Crippen LogP contribution is 2.30. The molecule has 0 radical (unpaired) electrons. The molecule has 1 heterocycles. The fraction of sp³-hybridized carbons (Fsp3) is 0.154. The predicted molar refractivity (Wildman–Crippen MR) is 68.9 cm³/mol. The zero-order chi connectivity index (χ0) is 17.5. The Morgan fingerprint density at radius 2 is 1.96 bits per heavy atom. The SMILES string of the molecule is Cc1c(C(F)(F)F)cnn(-c2cc(C(=O)[O-])c(Cl)cc2F)c1=O. The van der Waals surface area contributed by atoms with Crippen LogP contribution in [0.1, 0.15) is 21.5 Å². The molecular formula is C13H6ClF4N2O3-. The summed E-state index contributed by atoms with van der Waals surface area (Å²) in [5, 5.41) is 13.7. The number of rotatable bonds is 2. The molecule has 0 aliphatic carbocycles. The average Bonchev–Trinajstić information content (AvgIpc) is 2.40. The van der Waals surface area contributed by atoms with Crippen LogP contribution in [-0.4, -0.2) is 15.7 Å². The first-order valence-corrected chi connectivity index (χ1v) is 6.28. The van der Waals surface area contributed by atoms with Crippen molar-refractivity contribution < 1.29 is 27.5 Å². The zero-order valence-electron chi connectivity index (χ0n) is 11.2. The Kier molecular flexibility index (Phi) is 4.16. The molecule has 0 spiro atoms. The van der Waals surface area contributed by atoms with Gasteiger partial charge in [-0.3, -0.25) is 4.79 Å². The third-order valence-electron chi connectivity index (χ3n) is 3.01. The number of aromatic nitrogens is 2. The number of carbonyl (C=O) groups excluding carboxylic acids is 1. The monoisotopic (exact) mass is 349 g/mol. The number of carbonyl (C=O) groups is 1. The maximum absolute atomic E-state index is 13.9. The van der Waals surface area contributed by atoms with Crippen molar-refractivity contribution in [3.8, 4) is 5.69 Å². The molecule has 0 N–H and O–H groups in total. The molecule has 10 heteroatoms. The molecule has 0 bridgehead atoms. The summed E-state index contributed by atoms with van der Waals surface area (Å²) in [6.45, 7) is 0.900. The van der Waals surface area contributed by atoms with E-state index in [1.807, 2.05) is 0 Å². The van der Waals surface area contributed by atoms with Gasteiger partial charge in [-0.05, 0) is 19.1 Å². The number of hydrogen-bond donors (Lipinski definition) is 0. The van der Waals surface area contributed by atoms with Crippen LogP contribution in [0.4, 0.5) is 17.6 Å². The van der Waals surface area contributed by atoms with Gasteiger partial charge in [0.1, 0.15) is 5.69 Å². The maximum Gasteiger partial charge on any atom is 0.418 e. The smallest absolute Gasteiger partial charge is 0.418 e. The molecule has 0 saturated heterocycles. The van der Waals surface area contributed by atoms with Crippen molar-refractivity contribution in [2.24, 2.45) is 0 Å². The number of aromatic carboxylic acids is 1. The predicted octanol–water partition coefficient (Wildman–Crippen LogP) is 1.72. The first-order valence-electron chi connectivity index (χ1n) is 5.91. The van der Waals surface area contributed by atoms with E-state index in [0.717, 1.165) is 6.92 Å². The van der Waals surface area contributed by atoms with Crippen molar-refractivity contribution in [2.75, 3.05) is 0 Å². The van der Waals surface area contributed by atoms with Crippen molar-refractivity contribution >= 4 is 17.6 Å². The number of hydrogen-bond acceptors (Lipinski definition) is 4. The first-order chi connectivity index (χ1) is 10.5. The molecule has 0 aliphatic rings. The van der Waals surface area contributed by atoms with Gasteiger partial charge < -0.3 is 9.90 Å². The third kappa shape index (κ3) is 3.04. The molecule has 0 saturated carbocycles. The summed E-state index contributed by atoms with van der Waals surface area (Å²) in [4.78, 5) is 22.9. The summed E-state index contributed by atoms with van der Waals surface area (Å²) in [5.41, 5.74) is -4.51. The van der Waals surface area contributed by atoms with Crippen LogP contribution in [-0.2, 0) is 6.18 Å². The average molecular weight is 350 g/mol. The van der Waals surface area contributed by atoms with E-state index < -0.39 is 50.9 Å². The van der Waals surface area contributed by atoms with Crippen LogP contribution in [0.5, 0.6) is 0 Å². The van der Waals surface area contributed by atoms with Gasteiger partial charge in [-0.1, -0.05) is 11.6 Å². The van der Waals surface area contributed by atoms with Gasteiger partial charge in [-0.15, -0.1) is 0 Å². The molecule has 1 aromatic carbocycles. The number of carboxylic acid groups (broad SMARTS) is 1. The summed E-state index contributed by atoms with van der Waals surface area (Å²) < 4.78 is 52.3. The molecule has 0 unspecified atom stereocenters. The number of halogens is 5. The summed E-state index contributed by atoms with van der Waals surface area (Å²) in [6, 6.07) is 1.26. The molecule has 2 rings (SSSR count). The minimum Gasteiger partial charge on any atom is -0.545 e. The van der Waals surface area contributed by atoms with Gasteiger partial charge in [0.2, 0.25) is 0 Å². The minimum absolute atomic E-state index is 0.322. The van der Waals surface area contributed by atoms with Crippen LogP contribution in [0.15, 0.2) is 23.1 Å². The van der Waals surface area contributed by atoms with E-state index in [1.54, 1.807) is 0 Å². The highest BCUT2D eigenvalue weighted by molar-refractivity contribution is 6.33. The highest BCUT2D eigenvalue weighted by Gasteiger charge is 2.34. The van der Waals surface area contributed by atoms with Gasteiger partial charge in [-0.2, -0.15) is 23.0 Å². The number of nitrogens with zero attached hydrogens (tertiary/aromatic N) is 2. The molecular weight excluding hydrogens is 344 g/mol. The topological polar surface area (TPSA) is 75.0 Å². The third-order valence-corrected chi connectivity index (χ3v) is 3.32. The lowest BCUT2D eigenvalue weighted by Gasteiger charge is -2.14. The molecule has 122 valence electrons. The number of benzene rings is 1. The number of alkyl halides is 3. The second-order valence-corrected chi connectivity index (χ2v) is 4.88. The van der Waals surface area contributed by atoms with Gasteiger partial charge in [0.25, 0.3) is 5.56 Å². The standard InChI is InChI=1S/C13H7ClF4N2O3/c1-5-7(13(16,17)18)4-19-20(11(5)21)10-2-6(12(22)23)8(14)3-9(10)15/h2-4H,1H3,(H,22,23)/p-1. The molecule has 5 nitrogen and oxygen atoms in total.